The number of allylic oxidation sites excluding steroid dienone is 1. The van der Waals surface area contributed by atoms with E-state index < -0.39 is 0 Å². The highest BCUT2D eigenvalue weighted by molar-refractivity contribution is 5.71. The van der Waals surface area contributed by atoms with Crippen LogP contribution in [0.15, 0.2) is 122 Å². The topological polar surface area (TPSA) is 36.9 Å². The number of benzene rings is 6. The highest BCUT2D eigenvalue weighted by atomic mass is 16.5. The molecule has 0 spiro atoms. The van der Waals surface area contributed by atoms with Crippen LogP contribution in [0.3, 0.4) is 0 Å². The summed E-state index contributed by atoms with van der Waals surface area (Å²) in [6.07, 6.45) is 13.0. The Morgan fingerprint density at radius 2 is 0.746 bits per heavy atom. The van der Waals surface area contributed by atoms with E-state index in [1.807, 2.05) is 6.08 Å². The van der Waals surface area contributed by atoms with Crippen molar-refractivity contribution >= 4 is 0 Å². The molecular formula is C59H68O4. The average molecular weight is 841 g/mol. The van der Waals surface area contributed by atoms with Gasteiger partial charge in [0, 0.05) is 25.7 Å². The minimum Gasteiger partial charge on any atom is -0.493 e. The molecule has 6 aromatic carbocycles. The van der Waals surface area contributed by atoms with Gasteiger partial charge >= 0.3 is 0 Å². The summed E-state index contributed by atoms with van der Waals surface area (Å²) in [6.45, 7) is 17.4. The Kier molecular flexibility index (Phi) is 16.2. The lowest BCUT2D eigenvalue weighted by Crippen LogP contribution is -2.10. The quantitative estimate of drug-likeness (QED) is 0.0600. The second kappa shape index (κ2) is 22.6. The van der Waals surface area contributed by atoms with Crippen molar-refractivity contribution < 1.29 is 18.9 Å². The first-order chi connectivity index (χ1) is 30.9. The third-order valence-electron chi connectivity index (χ3n) is 12.0. The maximum atomic E-state index is 7.05. The van der Waals surface area contributed by atoms with Gasteiger partial charge in [-0.25, -0.2) is 0 Å². The monoisotopic (exact) mass is 841 g/mol. The largest absolute Gasteiger partial charge is 0.493 e. The molecular weight excluding hydrogens is 773 g/mol. The Morgan fingerprint density at radius 3 is 1.11 bits per heavy atom. The van der Waals surface area contributed by atoms with E-state index in [1.165, 1.54) is 57.3 Å². The predicted octanol–water partition coefficient (Wildman–Crippen LogP) is 15.2. The summed E-state index contributed by atoms with van der Waals surface area (Å²) in [5.74, 6) is 3.87. The molecule has 1 aliphatic carbocycles. The first-order valence-corrected chi connectivity index (χ1v) is 23.7. The van der Waals surface area contributed by atoms with Crippen molar-refractivity contribution in [2.75, 3.05) is 26.4 Å². The molecule has 8 bridgehead atoms. The van der Waals surface area contributed by atoms with Crippen molar-refractivity contribution in [1.82, 2.24) is 0 Å². The summed E-state index contributed by atoms with van der Waals surface area (Å²) >= 11 is 0. The molecule has 0 fully saturated rings. The van der Waals surface area contributed by atoms with Gasteiger partial charge in [0.05, 0.1) is 26.4 Å². The minimum atomic E-state index is 0.636. The number of hydrogen-bond acceptors (Lipinski definition) is 4. The zero-order valence-corrected chi connectivity index (χ0v) is 38.6. The number of hydrogen-bond donors (Lipinski definition) is 0. The fraction of sp³-hybridized carbons (Fsp3) is 0.356. The maximum Gasteiger partial charge on any atom is 0.126 e. The smallest absolute Gasteiger partial charge is 0.126 e. The lowest BCUT2D eigenvalue weighted by atomic mass is 9.88. The van der Waals surface area contributed by atoms with E-state index in [0.717, 1.165) is 94.9 Å². The molecule has 4 heteroatoms. The Balaban J connectivity index is 1.48. The molecule has 4 nitrogen and oxygen atoms in total. The third-order valence-corrected chi connectivity index (χ3v) is 12.0. The fourth-order valence-corrected chi connectivity index (χ4v) is 8.94. The lowest BCUT2D eigenvalue weighted by molar-refractivity contribution is 0.298. The van der Waals surface area contributed by atoms with E-state index in [2.05, 4.69) is 150 Å². The number of ether oxygens (including phenoxy) is 4. The highest BCUT2D eigenvalue weighted by Gasteiger charge is 2.24. The van der Waals surface area contributed by atoms with Crippen LogP contribution >= 0.6 is 0 Å². The summed E-state index contributed by atoms with van der Waals surface area (Å²) in [7, 11) is 0. The van der Waals surface area contributed by atoms with E-state index in [9.17, 15) is 0 Å². The molecule has 0 saturated heterocycles. The first kappa shape index (κ1) is 45.3. The second-order valence-electron chi connectivity index (χ2n) is 17.4. The molecule has 0 amide bonds. The van der Waals surface area contributed by atoms with Crippen LogP contribution in [0.2, 0.25) is 0 Å². The summed E-state index contributed by atoms with van der Waals surface area (Å²) in [5.41, 5.74) is 16.6. The van der Waals surface area contributed by atoms with E-state index in [-0.39, 0.29) is 0 Å². The molecule has 0 heterocycles. The molecule has 328 valence electrons. The summed E-state index contributed by atoms with van der Waals surface area (Å²) < 4.78 is 27.6. The van der Waals surface area contributed by atoms with Crippen molar-refractivity contribution in [3.05, 3.63) is 177 Å². The van der Waals surface area contributed by atoms with Gasteiger partial charge in [0.1, 0.15) is 23.0 Å². The Morgan fingerprint density at radius 1 is 0.397 bits per heavy atom. The fourth-order valence-electron chi connectivity index (χ4n) is 8.94. The normalized spacial score (nSPS) is 12.1. The van der Waals surface area contributed by atoms with Crippen molar-refractivity contribution in [2.45, 2.75) is 112 Å². The summed E-state index contributed by atoms with van der Waals surface area (Å²) in [5, 5.41) is 0. The maximum absolute atomic E-state index is 7.05. The second-order valence-corrected chi connectivity index (χ2v) is 17.4. The Hall–Kier alpha value is -5.74. The van der Waals surface area contributed by atoms with Crippen LogP contribution in [0.25, 0.3) is 22.3 Å². The Bertz CT molecular complexity index is 2350. The lowest BCUT2D eigenvalue weighted by Gasteiger charge is -2.24. The van der Waals surface area contributed by atoms with Crippen LogP contribution in [0, 0.1) is 13.8 Å². The molecule has 0 aliphatic heterocycles. The standard InChI is InChI=1S/C59H68O4/c1-7-11-12-13-14-15-31-63-59-54-36-48-26-18-24-46(56(48)60-28-8-2)34-52-38-50(44-22-16-20-42(5)32-44)39-53(58(52)62-30-10-4)35-47-25-19-27-49(57(47)61-29-9-3)37-55(59)41-51(40-54)45-23-17-21-43(6)33-45/h7,16-27,32-33,38-41H,1,8-15,28-31,34-37H2,2-6H3. The number of unbranched alkanes of at least 4 members (excludes halogenated alkanes) is 4. The summed E-state index contributed by atoms with van der Waals surface area (Å²) in [6, 6.07) is 40.6. The SMILES string of the molecule is C=CCCCCCCOc1c2cc(-c3cccc(C)c3)cc1Cc1cccc(c1OCCC)Cc1cc(-c3cccc(C)c3)cc(c1OCCC)Cc1cccc(c1OCCC)C2. The van der Waals surface area contributed by atoms with Gasteiger partial charge < -0.3 is 18.9 Å². The highest BCUT2D eigenvalue weighted by Crippen LogP contribution is 2.42. The van der Waals surface area contributed by atoms with Gasteiger partial charge in [-0.3, -0.25) is 0 Å². The van der Waals surface area contributed by atoms with Crippen LogP contribution in [-0.2, 0) is 25.7 Å². The van der Waals surface area contributed by atoms with Crippen molar-refractivity contribution in [2.24, 2.45) is 0 Å². The zero-order chi connectivity index (χ0) is 44.0. The van der Waals surface area contributed by atoms with E-state index in [4.69, 9.17) is 18.9 Å². The van der Waals surface area contributed by atoms with Gasteiger partial charge in [0.15, 0.2) is 0 Å². The first-order valence-electron chi connectivity index (χ1n) is 23.7. The van der Waals surface area contributed by atoms with Gasteiger partial charge in [0.2, 0.25) is 0 Å². The van der Waals surface area contributed by atoms with E-state index in [0.29, 0.717) is 52.1 Å². The molecule has 6 aromatic rings. The van der Waals surface area contributed by atoms with Gasteiger partial charge in [-0.05, 0) is 143 Å². The van der Waals surface area contributed by atoms with E-state index >= 15 is 0 Å². The van der Waals surface area contributed by atoms with Crippen LogP contribution in [0.1, 0.15) is 128 Å². The number of rotatable bonds is 19. The molecule has 1 aliphatic rings. The van der Waals surface area contributed by atoms with Gasteiger partial charge in [0.25, 0.3) is 0 Å². The molecule has 0 unspecified atom stereocenters. The van der Waals surface area contributed by atoms with Crippen molar-refractivity contribution in [3.63, 3.8) is 0 Å². The van der Waals surface area contributed by atoms with Crippen molar-refractivity contribution in [3.8, 4) is 45.3 Å². The average Bonchev–Trinajstić information content (AvgIpc) is 3.28. The molecule has 0 atom stereocenters. The number of aryl methyl sites for hydroxylation is 2. The number of fused-ring (bicyclic) bond motifs is 8. The molecule has 63 heavy (non-hydrogen) atoms. The molecule has 0 saturated carbocycles. The van der Waals surface area contributed by atoms with Crippen LogP contribution in [0.5, 0.6) is 23.0 Å². The van der Waals surface area contributed by atoms with Crippen LogP contribution in [0.4, 0.5) is 0 Å². The van der Waals surface area contributed by atoms with E-state index in [1.54, 1.807) is 0 Å². The molecule has 0 N–H and O–H groups in total. The van der Waals surface area contributed by atoms with Crippen LogP contribution in [-0.4, -0.2) is 26.4 Å². The molecule has 0 radical (unpaired) electrons. The van der Waals surface area contributed by atoms with Crippen LogP contribution < -0.4 is 18.9 Å². The Labute approximate surface area is 378 Å². The van der Waals surface area contributed by atoms with Gasteiger partial charge in [-0.1, -0.05) is 136 Å². The minimum absolute atomic E-state index is 0.636. The summed E-state index contributed by atoms with van der Waals surface area (Å²) in [4.78, 5) is 0. The number of para-hydroxylation sites is 2. The van der Waals surface area contributed by atoms with Crippen molar-refractivity contribution in [1.29, 1.82) is 0 Å². The molecule has 0 aromatic heterocycles. The molecule has 7 rings (SSSR count). The van der Waals surface area contributed by atoms with Gasteiger partial charge in [-0.2, -0.15) is 0 Å². The third kappa shape index (κ3) is 11.6. The predicted molar refractivity (Wildman–Crippen MR) is 263 cm³/mol. The van der Waals surface area contributed by atoms with Gasteiger partial charge in [-0.15, -0.1) is 6.58 Å². The zero-order valence-electron chi connectivity index (χ0n) is 38.6.